The highest BCUT2D eigenvalue weighted by Crippen LogP contribution is 2.36. The maximum absolute atomic E-state index is 6.14. The Morgan fingerprint density at radius 3 is 2.79 bits per heavy atom. The average molecular weight is 348 g/mol. The Balaban J connectivity index is 1.99. The molecule has 0 saturated carbocycles. The Morgan fingerprint density at radius 1 is 1.29 bits per heavy atom. The summed E-state index contributed by atoms with van der Waals surface area (Å²) < 4.78 is 10.6. The van der Waals surface area contributed by atoms with Gasteiger partial charge in [0.2, 0.25) is 5.28 Å². The summed E-state index contributed by atoms with van der Waals surface area (Å²) >= 11 is 6.14. The van der Waals surface area contributed by atoms with Crippen LogP contribution in [0.4, 0.5) is 5.82 Å². The van der Waals surface area contributed by atoms with Crippen molar-refractivity contribution in [1.29, 1.82) is 0 Å². The molecule has 1 aliphatic heterocycles. The van der Waals surface area contributed by atoms with Crippen molar-refractivity contribution < 1.29 is 9.47 Å². The largest absolute Gasteiger partial charge is 0.497 e. The number of fused-ring (bicyclic) bond motifs is 1. The van der Waals surface area contributed by atoms with E-state index in [2.05, 4.69) is 33.9 Å². The van der Waals surface area contributed by atoms with Crippen LogP contribution < -0.4 is 9.64 Å². The van der Waals surface area contributed by atoms with Gasteiger partial charge in [-0.2, -0.15) is 0 Å². The molecule has 2 aromatic rings. The maximum Gasteiger partial charge on any atom is 0.224 e. The van der Waals surface area contributed by atoms with Gasteiger partial charge in [-0.3, -0.25) is 0 Å². The zero-order chi connectivity index (χ0) is 17.3. The topological polar surface area (TPSA) is 47.5 Å². The van der Waals surface area contributed by atoms with Crippen LogP contribution in [0.2, 0.25) is 5.28 Å². The standard InChI is InChI=1S/C18H22ClN3O2/c1-11-16(10-23-3)20-18(19)21-17(11)22-8-7-13-9-14(24-4)5-6-15(13)12(22)2/h5-6,9,12H,7-8,10H2,1-4H3. The maximum atomic E-state index is 6.14. The summed E-state index contributed by atoms with van der Waals surface area (Å²) in [5.41, 5.74) is 4.47. The summed E-state index contributed by atoms with van der Waals surface area (Å²) in [6.07, 6.45) is 0.942. The Kier molecular flexibility index (Phi) is 4.92. The first-order valence-corrected chi connectivity index (χ1v) is 8.38. The second-order valence-electron chi connectivity index (χ2n) is 6.01. The quantitative estimate of drug-likeness (QED) is 0.789. The fraction of sp³-hybridized carbons (Fsp3) is 0.444. The summed E-state index contributed by atoms with van der Waals surface area (Å²) in [6, 6.07) is 6.48. The summed E-state index contributed by atoms with van der Waals surface area (Å²) in [5.74, 6) is 1.79. The van der Waals surface area contributed by atoms with E-state index in [1.54, 1.807) is 14.2 Å². The van der Waals surface area contributed by atoms with Crippen LogP contribution in [0.25, 0.3) is 0 Å². The van der Waals surface area contributed by atoms with E-state index in [9.17, 15) is 0 Å². The van der Waals surface area contributed by atoms with Crippen LogP contribution in [0.15, 0.2) is 18.2 Å². The second-order valence-corrected chi connectivity index (χ2v) is 6.34. The predicted molar refractivity (Wildman–Crippen MR) is 95.0 cm³/mol. The zero-order valence-corrected chi connectivity index (χ0v) is 15.2. The Bertz CT molecular complexity index is 751. The minimum absolute atomic E-state index is 0.208. The number of rotatable bonds is 4. The molecule has 5 nitrogen and oxygen atoms in total. The van der Waals surface area contributed by atoms with Gasteiger partial charge in [-0.05, 0) is 55.1 Å². The van der Waals surface area contributed by atoms with Gasteiger partial charge in [-0.1, -0.05) is 6.07 Å². The molecular formula is C18H22ClN3O2. The third kappa shape index (κ3) is 3.06. The first-order valence-electron chi connectivity index (χ1n) is 8.00. The van der Waals surface area contributed by atoms with Crippen molar-refractivity contribution >= 4 is 17.4 Å². The van der Waals surface area contributed by atoms with Crippen LogP contribution in [-0.2, 0) is 17.8 Å². The summed E-state index contributed by atoms with van der Waals surface area (Å²) in [7, 11) is 3.35. The molecule has 0 radical (unpaired) electrons. The van der Waals surface area contributed by atoms with E-state index < -0.39 is 0 Å². The van der Waals surface area contributed by atoms with E-state index in [1.165, 1.54) is 11.1 Å². The summed E-state index contributed by atoms with van der Waals surface area (Å²) in [5, 5.41) is 0.260. The van der Waals surface area contributed by atoms with Gasteiger partial charge in [0.25, 0.3) is 0 Å². The Morgan fingerprint density at radius 2 is 2.08 bits per heavy atom. The summed E-state index contributed by atoms with van der Waals surface area (Å²) in [6.45, 7) is 5.52. The summed E-state index contributed by atoms with van der Waals surface area (Å²) in [4.78, 5) is 11.1. The SMILES string of the molecule is COCc1nc(Cl)nc(N2CCc3cc(OC)ccc3C2C)c1C. The minimum atomic E-state index is 0.208. The zero-order valence-electron chi connectivity index (χ0n) is 14.5. The van der Waals surface area contributed by atoms with Crippen LogP contribution in [0, 0.1) is 6.92 Å². The number of halogens is 1. The molecule has 0 spiro atoms. The van der Waals surface area contributed by atoms with Crippen molar-refractivity contribution in [3.05, 3.63) is 45.9 Å². The number of anilines is 1. The van der Waals surface area contributed by atoms with Crippen LogP contribution in [0.3, 0.4) is 0 Å². The Labute approximate surface area is 147 Å². The highest BCUT2D eigenvalue weighted by Gasteiger charge is 2.27. The lowest BCUT2D eigenvalue weighted by molar-refractivity contribution is 0.181. The fourth-order valence-corrected chi connectivity index (χ4v) is 3.48. The molecule has 1 unspecified atom stereocenters. The van der Waals surface area contributed by atoms with Gasteiger partial charge in [0.1, 0.15) is 11.6 Å². The molecular weight excluding hydrogens is 326 g/mol. The molecule has 3 rings (SSSR count). The average Bonchev–Trinajstić information content (AvgIpc) is 2.58. The number of methoxy groups -OCH3 is 2. The van der Waals surface area contributed by atoms with Crippen molar-refractivity contribution in [1.82, 2.24) is 9.97 Å². The van der Waals surface area contributed by atoms with E-state index in [0.29, 0.717) is 6.61 Å². The highest BCUT2D eigenvalue weighted by atomic mass is 35.5. The molecule has 2 heterocycles. The number of hydrogen-bond acceptors (Lipinski definition) is 5. The van der Waals surface area contributed by atoms with Gasteiger partial charge in [0.05, 0.1) is 25.5 Å². The van der Waals surface area contributed by atoms with Crippen LogP contribution >= 0.6 is 11.6 Å². The minimum Gasteiger partial charge on any atom is -0.497 e. The molecule has 128 valence electrons. The predicted octanol–water partition coefficient (Wildman–Crippen LogP) is 3.72. The second kappa shape index (κ2) is 6.95. The Hall–Kier alpha value is -1.85. The van der Waals surface area contributed by atoms with Gasteiger partial charge in [0, 0.05) is 19.2 Å². The number of hydrogen-bond donors (Lipinski definition) is 0. The number of aromatic nitrogens is 2. The van der Waals surface area contributed by atoms with Crippen molar-refractivity contribution in [3.63, 3.8) is 0 Å². The lowest BCUT2D eigenvalue weighted by Crippen LogP contribution is -2.35. The smallest absolute Gasteiger partial charge is 0.224 e. The van der Waals surface area contributed by atoms with Gasteiger partial charge in [-0.25, -0.2) is 9.97 Å². The molecule has 1 atom stereocenters. The third-order valence-corrected chi connectivity index (χ3v) is 4.81. The molecule has 6 heteroatoms. The molecule has 1 aromatic carbocycles. The van der Waals surface area contributed by atoms with E-state index >= 15 is 0 Å². The first kappa shape index (κ1) is 17.0. The molecule has 24 heavy (non-hydrogen) atoms. The number of nitrogens with zero attached hydrogens (tertiary/aromatic N) is 3. The van der Waals surface area contributed by atoms with Gasteiger partial charge in [-0.15, -0.1) is 0 Å². The third-order valence-electron chi connectivity index (χ3n) is 4.64. The normalized spacial score (nSPS) is 16.9. The van der Waals surface area contributed by atoms with E-state index in [4.69, 9.17) is 21.1 Å². The fourth-order valence-electron chi connectivity index (χ4n) is 3.30. The van der Waals surface area contributed by atoms with Crippen molar-refractivity contribution in [2.24, 2.45) is 0 Å². The van der Waals surface area contributed by atoms with Crippen molar-refractivity contribution in [2.45, 2.75) is 32.9 Å². The van der Waals surface area contributed by atoms with Gasteiger partial charge >= 0.3 is 0 Å². The molecule has 0 saturated heterocycles. The highest BCUT2D eigenvalue weighted by molar-refractivity contribution is 6.28. The lowest BCUT2D eigenvalue weighted by Gasteiger charge is -2.37. The van der Waals surface area contributed by atoms with Crippen LogP contribution in [-0.4, -0.2) is 30.7 Å². The monoisotopic (exact) mass is 347 g/mol. The van der Waals surface area contributed by atoms with Crippen molar-refractivity contribution in [2.75, 3.05) is 25.7 Å². The molecule has 0 fully saturated rings. The van der Waals surface area contributed by atoms with Crippen LogP contribution in [0.1, 0.15) is 35.3 Å². The number of benzene rings is 1. The van der Waals surface area contributed by atoms with Crippen LogP contribution in [0.5, 0.6) is 5.75 Å². The molecule has 1 aliphatic rings. The van der Waals surface area contributed by atoms with E-state index in [-0.39, 0.29) is 11.3 Å². The molecule has 0 amide bonds. The number of ether oxygens (including phenoxy) is 2. The molecule has 1 aromatic heterocycles. The molecule has 0 aliphatic carbocycles. The van der Waals surface area contributed by atoms with Gasteiger partial charge in [0.15, 0.2) is 0 Å². The molecule has 0 bridgehead atoms. The van der Waals surface area contributed by atoms with E-state index in [0.717, 1.165) is 35.8 Å². The van der Waals surface area contributed by atoms with Crippen molar-refractivity contribution in [3.8, 4) is 5.75 Å². The lowest BCUT2D eigenvalue weighted by atomic mass is 9.93. The first-order chi connectivity index (χ1) is 11.5. The van der Waals surface area contributed by atoms with Gasteiger partial charge < -0.3 is 14.4 Å². The van der Waals surface area contributed by atoms with E-state index in [1.807, 2.05) is 13.0 Å². The molecule has 0 N–H and O–H groups in total.